The Balaban J connectivity index is 2.14. The molecule has 2 saturated heterocycles. The van der Waals surface area contributed by atoms with E-state index in [4.69, 9.17) is 24.6 Å². The molecule has 10 atom stereocenters. The maximum Gasteiger partial charge on any atom is 0.187 e. The fourth-order valence-electron chi connectivity index (χ4n) is 2.67. The lowest BCUT2D eigenvalue weighted by Gasteiger charge is -2.45. The number of ether oxygens (including phenoxy) is 3. The predicted octanol–water partition coefficient (Wildman–Crippen LogP) is -4.90. The third kappa shape index (κ3) is 3.70. The van der Waals surface area contributed by atoms with E-state index >= 15 is 0 Å². The Kier molecular flexibility index (Phi) is 6.83. The third-order valence-corrected chi connectivity index (χ3v) is 4.08. The predicted molar refractivity (Wildman–Crippen MR) is 70.1 cm³/mol. The first-order chi connectivity index (χ1) is 11.3. The van der Waals surface area contributed by atoms with Crippen LogP contribution in [-0.4, -0.2) is 116 Å². The van der Waals surface area contributed by atoms with Gasteiger partial charge in [-0.2, -0.15) is 0 Å². The van der Waals surface area contributed by atoms with Crippen LogP contribution in [0, 0.1) is 0 Å². The first kappa shape index (κ1) is 19.8. The summed E-state index contributed by atoms with van der Waals surface area (Å²) in [7, 11) is 0. The van der Waals surface area contributed by atoms with E-state index in [0.29, 0.717) is 0 Å². The summed E-state index contributed by atoms with van der Waals surface area (Å²) >= 11 is 0. The van der Waals surface area contributed by atoms with Crippen LogP contribution in [-0.2, 0) is 19.1 Å². The second kappa shape index (κ2) is 8.27. The SMILES string of the molecule is OC[C@H]1O[C@H](O[C@H]2[C@H](O)[C@@H](OO)[C@@H](O)O[C@@H]2CO)[C@H](O)[C@@H](O)[C@@H]1O. The Hall–Kier alpha value is -0.480. The molecule has 2 fully saturated rings. The van der Waals surface area contributed by atoms with Crippen LogP contribution < -0.4 is 0 Å². The van der Waals surface area contributed by atoms with Crippen LogP contribution in [0.4, 0.5) is 0 Å². The minimum Gasteiger partial charge on any atom is -0.394 e. The zero-order chi connectivity index (χ0) is 18.0. The second-order valence-corrected chi connectivity index (χ2v) is 5.61. The van der Waals surface area contributed by atoms with Crippen LogP contribution in [0.1, 0.15) is 0 Å². The molecule has 24 heavy (non-hydrogen) atoms. The second-order valence-electron chi connectivity index (χ2n) is 5.61. The summed E-state index contributed by atoms with van der Waals surface area (Å²) in [5.74, 6) is 0. The van der Waals surface area contributed by atoms with Gasteiger partial charge < -0.3 is 50.0 Å². The number of aliphatic hydroxyl groups excluding tert-OH is 7. The van der Waals surface area contributed by atoms with E-state index in [2.05, 4.69) is 4.89 Å². The molecule has 0 saturated carbocycles. The fourth-order valence-corrected chi connectivity index (χ4v) is 2.67. The number of hydrogen-bond acceptors (Lipinski definition) is 12. The quantitative estimate of drug-likeness (QED) is 0.172. The highest BCUT2D eigenvalue weighted by Gasteiger charge is 2.51. The number of hydrogen-bond donors (Lipinski definition) is 8. The zero-order valence-electron chi connectivity index (χ0n) is 12.4. The highest BCUT2D eigenvalue weighted by Crippen LogP contribution is 2.29. The van der Waals surface area contributed by atoms with E-state index in [9.17, 15) is 30.6 Å². The fraction of sp³-hybridized carbons (Fsp3) is 1.00. The smallest absolute Gasteiger partial charge is 0.187 e. The van der Waals surface area contributed by atoms with E-state index in [1.165, 1.54) is 0 Å². The summed E-state index contributed by atoms with van der Waals surface area (Å²) in [5.41, 5.74) is 0. The first-order valence-electron chi connectivity index (χ1n) is 7.24. The minimum absolute atomic E-state index is 0.682. The van der Waals surface area contributed by atoms with Gasteiger partial charge in [-0.05, 0) is 0 Å². The molecule has 0 spiro atoms. The van der Waals surface area contributed by atoms with Gasteiger partial charge in [-0.15, -0.1) is 0 Å². The van der Waals surface area contributed by atoms with Crippen molar-refractivity contribution in [2.75, 3.05) is 13.2 Å². The molecular formula is C12H22O12. The molecule has 0 aromatic rings. The molecule has 0 aromatic heterocycles. The van der Waals surface area contributed by atoms with Crippen molar-refractivity contribution < 1.29 is 60.1 Å². The molecule has 2 aliphatic heterocycles. The molecule has 12 nitrogen and oxygen atoms in total. The lowest BCUT2D eigenvalue weighted by Crippen LogP contribution is -2.64. The summed E-state index contributed by atoms with van der Waals surface area (Å²) in [5, 5.41) is 76.1. The third-order valence-electron chi connectivity index (χ3n) is 4.08. The van der Waals surface area contributed by atoms with Crippen LogP contribution in [0.15, 0.2) is 0 Å². The molecule has 0 aromatic carbocycles. The van der Waals surface area contributed by atoms with Gasteiger partial charge in [0.2, 0.25) is 0 Å². The van der Waals surface area contributed by atoms with Gasteiger partial charge >= 0.3 is 0 Å². The Bertz CT molecular complexity index is 394. The summed E-state index contributed by atoms with van der Waals surface area (Å²) in [6.07, 6.45) is -15.7. The van der Waals surface area contributed by atoms with Gasteiger partial charge in [0.1, 0.15) is 42.7 Å². The van der Waals surface area contributed by atoms with Crippen LogP contribution in [0.25, 0.3) is 0 Å². The molecule has 0 aliphatic carbocycles. The topological polar surface area (TPSA) is 199 Å². The van der Waals surface area contributed by atoms with E-state index in [-0.39, 0.29) is 0 Å². The maximum absolute atomic E-state index is 10.1. The van der Waals surface area contributed by atoms with Gasteiger partial charge in [0.25, 0.3) is 0 Å². The average molecular weight is 358 g/mol. The molecule has 0 unspecified atom stereocenters. The largest absolute Gasteiger partial charge is 0.394 e. The summed E-state index contributed by atoms with van der Waals surface area (Å²) in [6.45, 7) is -1.38. The lowest BCUT2D eigenvalue weighted by atomic mass is 9.97. The zero-order valence-corrected chi connectivity index (χ0v) is 12.4. The Morgan fingerprint density at radius 1 is 0.708 bits per heavy atom. The van der Waals surface area contributed by atoms with Crippen molar-refractivity contribution in [1.82, 2.24) is 0 Å². The average Bonchev–Trinajstić information content (AvgIpc) is 2.57. The first-order valence-corrected chi connectivity index (χ1v) is 7.24. The van der Waals surface area contributed by atoms with E-state index in [0.717, 1.165) is 0 Å². The van der Waals surface area contributed by atoms with Gasteiger partial charge in [-0.3, -0.25) is 5.26 Å². The summed E-state index contributed by atoms with van der Waals surface area (Å²) in [4.78, 5) is 3.92. The van der Waals surface area contributed by atoms with Crippen molar-refractivity contribution in [3.8, 4) is 0 Å². The van der Waals surface area contributed by atoms with Crippen molar-refractivity contribution in [3.05, 3.63) is 0 Å². The maximum atomic E-state index is 10.1. The molecule has 0 bridgehead atoms. The molecule has 0 amide bonds. The molecule has 12 heteroatoms. The normalized spacial score (nSPS) is 50.0. The molecule has 2 heterocycles. The molecule has 2 rings (SSSR count). The summed E-state index contributed by atoms with van der Waals surface area (Å²) < 4.78 is 15.4. The molecule has 0 radical (unpaired) electrons. The molecule has 142 valence electrons. The molecule has 8 N–H and O–H groups in total. The summed E-state index contributed by atoms with van der Waals surface area (Å²) in [6, 6.07) is 0. The van der Waals surface area contributed by atoms with Crippen molar-refractivity contribution in [2.24, 2.45) is 0 Å². The van der Waals surface area contributed by atoms with Crippen molar-refractivity contribution >= 4 is 0 Å². The van der Waals surface area contributed by atoms with E-state index in [1.54, 1.807) is 0 Å². The molecular weight excluding hydrogens is 336 g/mol. The Morgan fingerprint density at radius 3 is 1.88 bits per heavy atom. The van der Waals surface area contributed by atoms with Crippen LogP contribution in [0.2, 0.25) is 0 Å². The van der Waals surface area contributed by atoms with Crippen LogP contribution >= 0.6 is 0 Å². The van der Waals surface area contributed by atoms with Crippen molar-refractivity contribution in [1.29, 1.82) is 0 Å². The van der Waals surface area contributed by atoms with Crippen molar-refractivity contribution in [3.63, 3.8) is 0 Å². The van der Waals surface area contributed by atoms with Gasteiger partial charge in [-0.25, -0.2) is 4.89 Å². The number of aliphatic hydroxyl groups is 7. The van der Waals surface area contributed by atoms with Crippen LogP contribution in [0.3, 0.4) is 0 Å². The minimum atomic E-state index is -1.75. The Labute approximate surface area is 135 Å². The van der Waals surface area contributed by atoms with Gasteiger partial charge in [0.15, 0.2) is 18.7 Å². The molecule has 2 aliphatic rings. The highest BCUT2D eigenvalue weighted by atomic mass is 17.1. The Morgan fingerprint density at radius 2 is 1.33 bits per heavy atom. The van der Waals surface area contributed by atoms with Gasteiger partial charge in [-0.1, -0.05) is 0 Å². The van der Waals surface area contributed by atoms with Gasteiger partial charge in [0.05, 0.1) is 13.2 Å². The lowest BCUT2D eigenvalue weighted by molar-refractivity contribution is -0.400. The van der Waals surface area contributed by atoms with Crippen LogP contribution in [0.5, 0.6) is 0 Å². The van der Waals surface area contributed by atoms with E-state index < -0.39 is 74.6 Å². The number of rotatable bonds is 5. The monoisotopic (exact) mass is 358 g/mol. The van der Waals surface area contributed by atoms with Crippen molar-refractivity contribution in [2.45, 2.75) is 61.4 Å². The van der Waals surface area contributed by atoms with E-state index in [1.807, 2.05) is 0 Å². The standard InChI is InChI=1S/C12H22O12/c13-1-3-5(15)6(16)7(17)12(22-3)23-9-4(2-14)21-11(19)10(24-20)8(9)18/h3-20H,1-2H2/t3-,4-,5-,6+,7-,8+,9-,10-,11+,12-/m1/s1. The highest BCUT2D eigenvalue weighted by molar-refractivity contribution is 4.93. The van der Waals surface area contributed by atoms with Gasteiger partial charge in [0, 0.05) is 0 Å².